The molecule has 0 amide bonds. The minimum atomic E-state index is 0.600. The van der Waals surface area contributed by atoms with Crippen LogP contribution in [0.1, 0.15) is 28.7 Å². The van der Waals surface area contributed by atoms with Gasteiger partial charge in [0.05, 0.1) is 0 Å². The Morgan fingerprint density at radius 1 is 1.21 bits per heavy atom. The van der Waals surface area contributed by atoms with Gasteiger partial charge in [-0.3, -0.25) is 4.98 Å². The number of aromatic nitrogens is 1. The number of nitrogens with one attached hydrogen (secondary N) is 1. The number of fused-ring (bicyclic) bond motifs is 1. The zero-order valence-corrected chi connectivity index (χ0v) is 11.4. The minimum Gasteiger partial charge on any atom is -0.310 e. The predicted octanol–water partition coefficient (Wildman–Crippen LogP) is 3.04. The van der Waals surface area contributed by atoms with Crippen LogP contribution in [-0.2, 0) is 19.4 Å². The third-order valence-electron chi connectivity index (χ3n) is 4.06. The fourth-order valence-electron chi connectivity index (χ4n) is 2.83. The Bertz CT molecular complexity index is 563. The average molecular weight is 252 g/mol. The Hall–Kier alpha value is -1.67. The van der Waals surface area contributed by atoms with Crippen molar-refractivity contribution in [3.63, 3.8) is 0 Å². The molecule has 98 valence electrons. The van der Waals surface area contributed by atoms with Crippen molar-refractivity contribution >= 4 is 0 Å². The lowest BCUT2D eigenvalue weighted by atomic mass is 9.88. The van der Waals surface area contributed by atoms with Gasteiger partial charge in [0, 0.05) is 25.0 Å². The monoisotopic (exact) mass is 252 g/mol. The van der Waals surface area contributed by atoms with Gasteiger partial charge in [-0.2, -0.15) is 0 Å². The minimum absolute atomic E-state index is 0.600. The van der Waals surface area contributed by atoms with Gasteiger partial charge in [0.15, 0.2) is 0 Å². The van der Waals surface area contributed by atoms with Crippen LogP contribution in [0.25, 0.3) is 0 Å². The summed E-state index contributed by atoms with van der Waals surface area (Å²) in [4.78, 5) is 4.14. The summed E-state index contributed by atoms with van der Waals surface area (Å²) in [5, 5.41) is 3.69. The molecule has 1 unspecified atom stereocenters. The van der Waals surface area contributed by atoms with E-state index in [2.05, 4.69) is 47.6 Å². The number of aryl methyl sites for hydroxylation is 2. The zero-order valence-electron chi connectivity index (χ0n) is 11.4. The standard InChI is InChI=1S/C17H20N2/c1-13-11-18-9-8-16(13)12-19-17-7-6-14-4-2-3-5-15(14)10-17/h2-5,8-9,11,17,19H,6-7,10,12H2,1H3. The molecule has 0 saturated carbocycles. The number of hydrogen-bond donors (Lipinski definition) is 1. The molecule has 1 aliphatic rings. The van der Waals surface area contributed by atoms with Crippen LogP contribution in [0.3, 0.4) is 0 Å². The molecular formula is C17H20N2. The normalized spacial score (nSPS) is 18.1. The number of nitrogens with zero attached hydrogens (tertiary/aromatic N) is 1. The molecule has 0 aliphatic heterocycles. The van der Waals surface area contributed by atoms with E-state index in [0.29, 0.717) is 6.04 Å². The first kappa shape index (κ1) is 12.4. The second-order valence-electron chi connectivity index (χ2n) is 5.39. The van der Waals surface area contributed by atoms with E-state index >= 15 is 0 Å². The molecule has 0 bridgehead atoms. The van der Waals surface area contributed by atoms with Crippen LogP contribution in [0.4, 0.5) is 0 Å². The van der Waals surface area contributed by atoms with Crippen molar-refractivity contribution in [1.29, 1.82) is 0 Å². The maximum atomic E-state index is 4.14. The summed E-state index contributed by atoms with van der Waals surface area (Å²) in [6.07, 6.45) is 7.40. The van der Waals surface area contributed by atoms with Crippen LogP contribution in [0.2, 0.25) is 0 Å². The van der Waals surface area contributed by atoms with E-state index in [-0.39, 0.29) is 0 Å². The molecule has 2 aromatic rings. The second-order valence-corrected chi connectivity index (χ2v) is 5.39. The van der Waals surface area contributed by atoms with Gasteiger partial charge in [-0.15, -0.1) is 0 Å². The molecule has 2 nitrogen and oxygen atoms in total. The molecule has 0 saturated heterocycles. The highest BCUT2D eigenvalue weighted by Gasteiger charge is 2.17. The van der Waals surface area contributed by atoms with Gasteiger partial charge >= 0.3 is 0 Å². The maximum Gasteiger partial charge on any atom is 0.0300 e. The second kappa shape index (κ2) is 5.54. The molecule has 2 heteroatoms. The predicted molar refractivity (Wildman–Crippen MR) is 78.1 cm³/mol. The molecule has 1 atom stereocenters. The van der Waals surface area contributed by atoms with Crippen molar-refractivity contribution in [2.45, 2.75) is 38.8 Å². The fraction of sp³-hybridized carbons (Fsp3) is 0.353. The number of benzene rings is 1. The lowest BCUT2D eigenvalue weighted by Gasteiger charge is -2.25. The van der Waals surface area contributed by atoms with Gasteiger partial charge in [-0.05, 0) is 54.5 Å². The van der Waals surface area contributed by atoms with E-state index in [1.165, 1.54) is 35.1 Å². The van der Waals surface area contributed by atoms with Crippen LogP contribution in [0.5, 0.6) is 0 Å². The quantitative estimate of drug-likeness (QED) is 0.908. The fourth-order valence-corrected chi connectivity index (χ4v) is 2.83. The smallest absolute Gasteiger partial charge is 0.0300 e. The molecule has 1 heterocycles. The first-order valence-corrected chi connectivity index (χ1v) is 7.02. The van der Waals surface area contributed by atoms with E-state index in [4.69, 9.17) is 0 Å². The summed E-state index contributed by atoms with van der Waals surface area (Å²) in [7, 11) is 0. The van der Waals surface area contributed by atoms with Crippen LogP contribution in [-0.4, -0.2) is 11.0 Å². The molecule has 0 radical (unpaired) electrons. The molecule has 1 N–H and O–H groups in total. The van der Waals surface area contributed by atoms with Crippen LogP contribution < -0.4 is 5.32 Å². The molecule has 19 heavy (non-hydrogen) atoms. The van der Waals surface area contributed by atoms with Crippen molar-refractivity contribution < 1.29 is 0 Å². The van der Waals surface area contributed by atoms with Gasteiger partial charge < -0.3 is 5.32 Å². The Labute approximate surface area is 114 Å². The van der Waals surface area contributed by atoms with Gasteiger partial charge in [0.1, 0.15) is 0 Å². The summed E-state index contributed by atoms with van der Waals surface area (Å²) in [5.74, 6) is 0. The van der Waals surface area contributed by atoms with Crippen molar-refractivity contribution in [2.24, 2.45) is 0 Å². The molecular weight excluding hydrogens is 232 g/mol. The summed E-state index contributed by atoms with van der Waals surface area (Å²) in [6.45, 7) is 3.07. The number of hydrogen-bond acceptors (Lipinski definition) is 2. The summed E-state index contributed by atoms with van der Waals surface area (Å²) < 4.78 is 0. The van der Waals surface area contributed by atoms with E-state index in [0.717, 1.165) is 13.0 Å². The Kier molecular flexibility index (Phi) is 3.60. The summed E-state index contributed by atoms with van der Waals surface area (Å²) in [6, 6.07) is 11.5. The molecule has 0 fully saturated rings. The van der Waals surface area contributed by atoms with Crippen molar-refractivity contribution in [3.05, 3.63) is 65.0 Å². The highest BCUT2D eigenvalue weighted by Crippen LogP contribution is 2.21. The Morgan fingerprint density at radius 2 is 2.05 bits per heavy atom. The van der Waals surface area contributed by atoms with E-state index in [1.54, 1.807) is 0 Å². The van der Waals surface area contributed by atoms with Gasteiger partial charge in [0.25, 0.3) is 0 Å². The highest BCUT2D eigenvalue weighted by molar-refractivity contribution is 5.30. The molecule has 1 aromatic carbocycles. The topological polar surface area (TPSA) is 24.9 Å². The first-order chi connectivity index (χ1) is 9.33. The van der Waals surface area contributed by atoms with Crippen molar-refractivity contribution in [1.82, 2.24) is 10.3 Å². The van der Waals surface area contributed by atoms with Gasteiger partial charge in [-0.25, -0.2) is 0 Å². The van der Waals surface area contributed by atoms with Gasteiger partial charge in [-0.1, -0.05) is 24.3 Å². The largest absolute Gasteiger partial charge is 0.310 e. The van der Waals surface area contributed by atoms with Crippen LogP contribution in [0.15, 0.2) is 42.7 Å². The van der Waals surface area contributed by atoms with Crippen molar-refractivity contribution in [3.8, 4) is 0 Å². The third-order valence-corrected chi connectivity index (χ3v) is 4.06. The first-order valence-electron chi connectivity index (χ1n) is 7.02. The third kappa shape index (κ3) is 2.85. The summed E-state index contributed by atoms with van der Waals surface area (Å²) >= 11 is 0. The van der Waals surface area contributed by atoms with E-state index < -0.39 is 0 Å². The van der Waals surface area contributed by atoms with E-state index in [9.17, 15) is 0 Å². The Balaban J connectivity index is 1.62. The van der Waals surface area contributed by atoms with Crippen molar-refractivity contribution in [2.75, 3.05) is 0 Å². The molecule has 3 rings (SSSR count). The number of rotatable bonds is 3. The van der Waals surface area contributed by atoms with Crippen LogP contribution >= 0.6 is 0 Å². The maximum absolute atomic E-state index is 4.14. The molecule has 1 aromatic heterocycles. The van der Waals surface area contributed by atoms with Crippen LogP contribution in [0, 0.1) is 6.92 Å². The Morgan fingerprint density at radius 3 is 2.89 bits per heavy atom. The highest BCUT2D eigenvalue weighted by atomic mass is 14.9. The lowest BCUT2D eigenvalue weighted by molar-refractivity contribution is 0.457. The lowest BCUT2D eigenvalue weighted by Crippen LogP contribution is -2.34. The average Bonchev–Trinajstić information content (AvgIpc) is 2.46. The molecule has 0 spiro atoms. The summed E-state index contributed by atoms with van der Waals surface area (Å²) in [5.41, 5.74) is 5.67. The SMILES string of the molecule is Cc1cnccc1CNC1CCc2ccccc2C1. The van der Waals surface area contributed by atoms with Gasteiger partial charge in [0.2, 0.25) is 0 Å². The number of pyridine rings is 1. The molecule has 1 aliphatic carbocycles. The van der Waals surface area contributed by atoms with E-state index in [1.807, 2.05) is 12.4 Å². The zero-order chi connectivity index (χ0) is 13.1.